The molecule has 1 atom stereocenters. The fraction of sp³-hybridized carbons (Fsp3) is 0.333. The van der Waals surface area contributed by atoms with Crippen molar-refractivity contribution in [3.05, 3.63) is 33.6 Å². The van der Waals surface area contributed by atoms with Crippen molar-refractivity contribution in [2.75, 3.05) is 19.4 Å². The molecule has 0 aliphatic rings. The predicted molar refractivity (Wildman–Crippen MR) is 71.8 cm³/mol. The van der Waals surface area contributed by atoms with Crippen LogP contribution in [0.2, 0.25) is 0 Å². The first-order chi connectivity index (χ1) is 9.65. The maximum absolute atomic E-state index is 13.6. The molecule has 0 heterocycles. The Hall–Kier alpha value is -2.71. The molecule has 0 aromatic heterocycles. The molecule has 9 heteroatoms. The van der Waals surface area contributed by atoms with Crippen molar-refractivity contribution in [3.8, 4) is 0 Å². The van der Waals surface area contributed by atoms with Crippen molar-refractivity contribution in [1.82, 2.24) is 4.90 Å². The SMILES string of the molecule is CC(Nc1cc(F)c(C(=O)O)cc1[N+](=O)[O-])C(=O)N(C)C. The van der Waals surface area contributed by atoms with Crippen LogP contribution in [-0.4, -0.2) is 46.9 Å². The molecule has 1 unspecified atom stereocenters. The molecule has 0 aliphatic heterocycles. The number of carbonyl (C=O) groups excluding carboxylic acids is 1. The minimum atomic E-state index is -1.61. The fourth-order valence-electron chi connectivity index (χ4n) is 1.67. The third-order valence-corrected chi connectivity index (χ3v) is 2.70. The van der Waals surface area contributed by atoms with E-state index in [1.165, 1.54) is 25.9 Å². The molecule has 0 aliphatic carbocycles. The number of anilines is 1. The molecule has 0 saturated carbocycles. The summed E-state index contributed by atoms with van der Waals surface area (Å²) in [6.45, 7) is 1.45. The Labute approximate surface area is 119 Å². The summed E-state index contributed by atoms with van der Waals surface area (Å²) in [6.07, 6.45) is 0. The maximum Gasteiger partial charge on any atom is 0.338 e. The van der Waals surface area contributed by atoms with E-state index in [4.69, 9.17) is 5.11 Å². The van der Waals surface area contributed by atoms with Crippen LogP contribution in [0.5, 0.6) is 0 Å². The van der Waals surface area contributed by atoms with Crippen LogP contribution in [0.4, 0.5) is 15.8 Å². The van der Waals surface area contributed by atoms with E-state index in [0.717, 1.165) is 0 Å². The van der Waals surface area contributed by atoms with Crippen molar-refractivity contribution in [3.63, 3.8) is 0 Å². The highest BCUT2D eigenvalue weighted by atomic mass is 19.1. The molecule has 21 heavy (non-hydrogen) atoms. The summed E-state index contributed by atoms with van der Waals surface area (Å²) in [6, 6.07) is 0.474. The number of hydrogen-bond acceptors (Lipinski definition) is 5. The molecule has 0 spiro atoms. The lowest BCUT2D eigenvalue weighted by Crippen LogP contribution is -2.36. The van der Waals surface area contributed by atoms with E-state index in [9.17, 15) is 24.1 Å². The number of benzene rings is 1. The third kappa shape index (κ3) is 3.65. The first-order valence-electron chi connectivity index (χ1n) is 5.84. The van der Waals surface area contributed by atoms with Gasteiger partial charge in [-0.2, -0.15) is 0 Å². The molecule has 1 amide bonds. The predicted octanol–water partition coefficient (Wildman–Crippen LogP) is 1.32. The molecule has 0 radical (unpaired) electrons. The Kier molecular flexibility index (Phi) is 4.79. The maximum atomic E-state index is 13.6. The largest absolute Gasteiger partial charge is 0.478 e. The van der Waals surface area contributed by atoms with Gasteiger partial charge < -0.3 is 15.3 Å². The highest BCUT2D eigenvalue weighted by molar-refractivity contribution is 5.91. The second kappa shape index (κ2) is 6.16. The van der Waals surface area contributed by atoms with E-state index in [1.807, 2.05) is 0 Å². The van der Waals surface area contributed by atoms with Gasteiger partial charge in [-0.25, -0.2) is 9.18 Å². The van der Waals surface area contributed by atoms with Gasteiger partial charge >= 0.3 is 5.97 Å². The molecular formula is C12H14FN3O5. The summed E-state index contributed by atoms with van der Waals surface area (Å²) in [7, 11) is 3.01. The van der Waals surface area contributed by atoms with Crippen LogP contribution in [0.1, 0.15) is 17.3 Å². The van der Waals surface area contributed by atoms with Gasteiger partial charge in [0.05, 0.1) is 4.92 Å². The number of nitro groups is 1. The number of nitrogens with zero attached hydrogens (tertiary/aromatic N) is 2. The highest BCUT2D eigenvalue weighted by Gasteiger charge is 2.24. The number of rotatable bonds is 5. The Balaban J connectivity index is 3.23. The second-order valence-electron chi connectivity index (χ2n) is 4.51. The van der Waals surface area contributed by atoms with Gasteiger partial charge in [-0.1, -0.05) is 0 Å². The minimum absolute atomic E-state index is 0.259. The van der Waals surface area contributed by atoms with Gasteiger partial charge in [0, 0.05) is 26.2 Å². The molecule has 114 valence electrons. The van der Waals surface area contributed by atoms with Crippen LogP contribution >= 0.6 is 0 Å². The number of aromatic carboxylic acids is 1. The van der Waals surface area contributed by atoms with Crippen LogP contribution in [-0.2, 0) is 4.79 Å². The van der Waals surface area contributed by atoms with Crippen molar-refractivity contribution in [2.24, 2.45) is 0 Å². The van der Waals surface area contributed by atoms with Crippen LogP contribution in [0.3, 0.4) is 0 Å². The lowest BCUT2D eigenvalue weighted by molar-refractivity contribution is -0.384. The first kappa shape index (κ1) is 16.3. The summed E-state index contributed by atoms with van der Waals surface area (Å²) in [4.78, 5) is 33.8. The third-order valence-electron chi connectivity index (χ3n) is 2.70. The van der Waals surface area contributed by atoms with Gasteiger partial charge in [0.1, 0.15) is 23.1 Å². The molecule has 1 aromatic carbocycles. The quantitative estimate of drug-likeness (QED) is 0.626. The van der Waals surface area contributed by atoms with Crippen molar-refractivity contribution < 1.29 is 24.0 Å². The van der Waals surface area contributed by atoms with E-state index < -0.39 is 34.0 Å². The van der Waals surface area contributed by atoms with Crippen molar-refractivity contribution in [1.29, 1.82) is 0 Å². The summed E-state index contributed by atoms with van der Waals surface area (Å²) < 4.78 is 13.6. The normalized spacial score (nSPS) is 11.6. The zero-order valence-electron chi connectivity index (χ0n) is 11.6. The molecule has 1 rings (SSSR count). The van der Waals surface area contributed by atoms with E-state index in [0.29, 0.717) is 12.1 Å². The number of halogens is 1. The standard InChI is InChI=1S/C12H14FN3O5/c1-6(11(17)15(2)3)14-9-5-8(13)7(12(18)19)4-10(9)16(20)21/h4-6,14H,1-3H3,(H,18,19). The van der Waals surface area contributed by atoms with Gasteiger partial charge in [-0.15, -0.1) is 0 Å². The number of likely N-dealkylation sites (N-methyl/N-ethyl adjacent to an activating group) is 1. The van der Waals surface area contributed by atoms with Gasteiger partial charge in [0.25, 0.3) is 5.69 Å². The van der Waals surface area contributed by atoms with E-state index >= 15 is 0 Å². The summed E-state index contributed by atoms with van der Waals surface area (Å²) in [5, 5.41) is 22.2. The number of carboxylic acid groups (broad SMARTS) is 1. The molecule has 2 N–H and O–H groups in total. The van der Waals surface area contributed by atoms with Gasteiger partial charge in [0.2, 0.25) is 5.91 Å². The summed E-state index contributed by atoms with van der Waals surface area (Å²) in [5.41, 5.74) is -1.68. The number of nitrogens with one attached hydrogen (secondary N) is 1. The topological polar surface area (TPSA) is 113 Å². The van der Waals surface area contributed by atoms with Gasteiger partial charge in [-0.3, -0.25) is 14.9 Å². The number of nitro benzene ring substituents is 1. The van der Waals surface area contributed by atoms with E-state index in [-0.39, 0.29) is 11.6 Å². The van der Waals surface area contributed by atoms with Crippen LogP contribution in [0.15, 0.2) is 12.1 Å². The Morgan fingerprint density at radius 3 is 2.43 bits per heavy atom. The van der Waals surface area contributed by atoms with Crippen LogP contribution < -0.4 is 5.32 Å². The van der Waals surface area contributed by atoms with E-state index in [1.54, 1.807) is 0 Å². The molecular weight excluding hydrogens is 285 g/mol. The second-order valence-corrected chi connectivity index (χ2v) is 4.51. The monoisotopic (exact) mass is 299 g/mol. The minimum Gasteiger partial charge on any atom is -0.478 e. The molecule has 0 saturated heterocycles. The average Bonchev–Trinajstić information content (AvgIpc) is 2.36. The average molecular weight is 299 g/mol. The summed E-state index contributed by atoms with van der Waals surface area (Å²) in [5.74, 6) is -3.10. The number of carbonyl (C=O) groups is 2. The highest BCUT2D eigenvalue weighted by Crippen LogP contribution is 2.28. The Bertz CT molecular complexity index is 603. The fourth-order valence-corrected chi connectivity index (χ4v) is 1.67. The lowest BCUT2D eigenvalue weighted by atomic mass is 10.1. The van der Waals surface area contributed by atoms with E-state index in [2.05, 4.69) is 5.32 Å². The van der Waals surface area contributed by atoms with Crippen LogP contribution in [0, 0.1) is 15.9 Å². The summed E-state index contributed by atoms with van der Waals surface area (Å²) >= 11 is 0. The first-order valence-corrected chi connectivity index (χ1v) is 5.84. The molecule has 0 bridgehead atoms. The van der Waals surface area contributed by atoms with Gasteiger partial charge in [0.15, 0.2) is 0 Å². The van der Waals surface area contributed by atoms with Crippen molar-refractivity contribution >= 4 is 23.3 Å². The Morgan fingerprint density at radius 2 is 2.00 bits per heavy atom. The smallest absolute Gasteiger partial charge is 0.338 e. The lowest BCUT2D eigenvalue weighted by Gasteiger charge is -2.19. The van der Waals surface area contributed by atoms with Gasteiger partial charge in [-0.05, 0) is 6.92 Å². The number of hydrogen-bond donors (Lipinski definition) is 2. The molecule has 1 aromatic rings. The van der Waals surface area contributed by atoms with Crippen LogP contribution in [0.25, 0.3) is 0 Å². The zero-order valence-corrected chi connectivity index (χ0v) is 11.6. The molecule has 0 fully saturated rings. The number of amides is 1. The number of carboxylic acids is 1. The molecule has 8 nitrogen and oxygen atoms in total. The Morgan fingerprint density at radius 1 is 1.43 bits per heavy atom. The zero-order chi connectivity index (χ0) is 16.3. The van der Waals surface area contributed by atoms with Crippen molar-refractivity contribution in [2.45, 2.75) is 13.0 Å².